The van der Waals surface area contributed by atoms with Gasteiger partial charge in [-0.3, -0.25) is 0 Å². The van der Waals surface area contributed by atoms with E-state index in [4.69, 9.17) is 4.42 Å². The standard InChI is InChI=1S/C49H33NO/c1-2-11-33(12-3-1)37-15-4-6-20-44(37)50(45-21-10-18-41-39-16-5-7-22-46(39)51-48(41)45)36-26-23-32(24-27-36)35-25-28-38-40-17-8-13-34-14-9-19-42(47(34)40)49(29-30-49)43(38)31-35/h1-28,31H,29-30H2. The van der Waals surface area contributed by atoms with Gasteiger partial charge in [-0.15, -0.1) is 0 Å². The Morgan fingerprint density at radius 2 is 1.14 bits per heavy atom. The Bertz CT molecular complexity index is 2800. The molecule has 0 bridgehead atoms. The van der Waals surface area contributed by atoms with Gasteiger partial charge < -0.3 is 9.32 Å². The van der Waals surface area contributed by atoms with Crippen LogP contribution in [-0.4, -0.2) is 0 Å². The molecular weight excluding hydrogens is 619 g/mol. The van der Waals surface area contributed by atoms with Crippen LogP contribution in [0.25, 0.3) is 66.1 Å². The molecule has 51 heavy (non-hydrogen) atoms. The Hall–Kier alpha value is -6.38. The van der Waals surface area contributed by atoms with Gasteiger partial charge in [0.2, 0.25) is 0 Å². The molecule has 2 heteroatoms. The van der Waals surface area contributed by atoms with E-state index in [1.165, 1.54) is 62.6 Å². The van der Waals surface area contributed by atoms with Gasteiger partial charge in [0.1, 0.15) is 5.58 Å². The Kier molecular flexibility index (Phi) is 6.03. The molecule has 0 aliphatic heterocycles. The van der Waals surface area contributed by atoms with Crippen molar-refractivity contribution < 1.29 is 4.42 Å². The first-order valence-electron chi connectivity index (χ1n) is 17.9. The van der Waals surface area contributed by atoms with E-state index in [2.05, 4.69) is 175 Å². The first kappa shape index (κ1) is 28.5. The maximum atomic E-state index is 6.63. The predicted molar refractivity (Wildman–Crippen MR) is 212 cm³/mol. The van der Waals surface area contributed by atoms with Crippen LogP contribution in [0.1, 0.15) is 24.0 Å². The first-order valence-corrected chi connectivity index (χ1v) is 17.9. The molecule has 240 valence electrons. The van der Waals surface area contributed by atoms with Crippen molar-refractivity contribution in [2.45, 2.75) is 18.3 Å². The molecule has 2 aliphatic carbocycles. The number of hydrogen-bond acceptors (Lipinski definition) is 2. The predicted octanol–water partition coefficient (Wildman–Crippen LogP) is 13.6. The van der Waals surface area contributed by atoms with Gasteiger partial charge in [0.05, 0.1) is 11.4 Å². The van der Waals surface area contributed by atoms with Gasteiger partial charge in [-0.05, 0) is 99.0 Å². The number of hydrogen-bond donors (Lipinski definition) is 0. The molecule has 1 heterocycles. The fraction of sp³-hybridized carbons (Fsp3) is 0.0612. The van der Waals surface area contributed by atoms with Crippen LogP contribution < -0.4 is 4.90 Å². The highest BCUT2D eigenvalue weighted by atomic mass is 16.3. The van der Waals surface area contributed by atoms with E-state index in [0.717, 1.165) is 44.6 Å². The number of benzene rings is 8. The van der Waals surface area contributed by atoms with Gasteiger partial charge >= 0.3 is 0 Å². The van der Waals surface area contributed by atoms with Crippen molar-refractivity contribution in [3.8, 4) is 33.4 Å². The molecule has 0 atom stereocenters. The van der Waals surface area contributed by atoms with Crippen molar-refractivity contribution in [1.29, 1.82) is 0 Å². The third-order valence-corrected chi connectivity index (χ3v) is 11.3. The van der Waals surface area contributed by atoms with E-state index in [0.29, 0.717) is 0 Å². The summed E-state index contributed by atoms with van der Waals surface area (Å²) >= 11 is 0. The fourth-order valence-electron chi connectivity index (χ4n) is 8.78. The molecule has 1 fully saturated rings. The lowest BCUT2D eigenvalue weighted by Gasteiger charge is -2.30. The van der Waals surface area contributed by atoms with Crippen LogP contribution in [0.15, 0.2) is 180 Å². The van der Waals surface area contributed by atoms with Crippen molar-refractivity contribution >= 4 is 49.8 Å². The maximum Gasteiger partial charge on any atom is 0.159 e. The average molecular weight is 652 g/mol. The molecule has 2 aliphatic rings. The number of furan rings is 1. The number of fused-ring (bicyclic) bond motifs is 7. The molecule has 1 saturated carbocycles. The van der Waals surface area contributed by atoms with Crippen LogP contribution in [-0.2, 0) is 5.41 Å². The third-order valence-electron chi connectivity index (χ3n) is 11.3. The highest BCUT2D eigenvalue weighted by Gasteiger charge is 2.50. The summed E-state index contributed by atoms with van der Waals surface area (Å²) in [4.78, 5) is 2.36. The molecule has 1 aromatic heterocycles. The highest BCUT2D eigenvalue weighted by molar-refractivity contribution is 6.11. The zero-order chi connectivity index (χ0) is 33.5. The molecule has 2 nitrogen and oxygen atoms in total. The van der Waals surface area contributed by atoms with Crippen LogP contribution >= 0.6 is 0 Å². The van der Waals surface area contributed by atoms with Crippen molar-refractivity contribution in [2.24, 2.45) is 0 Å². The second-order valence-electron chi connectivity index (χ2n) is 14.1. The Morgan fingerprint density at radius 3 is 2.00 bits per heavy atom. The zero-order valence-corrected chi connectivity index (χ0v) is 28.0. The quantitative estimate of drug-likeness (QED) is 0.184. The smallest absolute Gasteiger partial charge is 0.159 e. The van der Waals surface area contributed by atoms with Gasteiger partial charge in [-0.1, -0.05) is 140 Å². The van der Waals surface area contributed by atoms with E-state index in [-0.39, 0.29) is 5.41 Å². The molecule has 0 amide bonds. The van der Waals surface area contributed by atoms with Gasteiger partial charge in [-0.2, -0.15) is 0 Å². The monoisotopic (exact) mass is 651 g/mol. The third kappa shape index (κ3) is 4.23. The summed E-state index contributed by atoms with van der Waals surface area (Å²) in [5, 5.41) is 5.03. The Balaban J connectivity index is 1.07. The summed E-state index contributed by atoms with van der Waals surface area (Å²) in [7, 11) is 0. The number of anilines is 3. The van der Waals surface area contributed by atoms with Gasteiger partial charge in [0.15, 0.2) is 5.58 Å². The fourth-order valence-corrected chi connectivity index (χ4v) is 8.78. The van der Waals surface area contributed by atoms with Crippen molar-refractivity contribution in [3.63, 3.8) is 0 Å². The van der Waals surface area contributed by atoms with Crippen LogP contribution in [0.2, 0.25) is 0 Å². The summed E-state index contributed by atoms with van der Waals surface area (Å²) in [5.74, 6) is 0. The summed E-state index contributed by atoms with van der Waals surface area (Å²) in [6.07, 6.45) is 2.41. The molecule has 0 N–H and O–H groups in total. The van der Waals surface area contributed by atoms with Crippen molar-refractivity contribution in [1.82, 2.24) is 0 Å². The minimum Gasteiger partial charge on any atom is -0.454 e. The first-order chi connectivity index (χ1) is 25.3. The van der Waals surface area contributed by atoms with Gasteiger partial charge in [0, 0.05) is 27.4 Å². The number of rotatable bonds is 5. The molecule has 9 aromatic rings. The van der Waals surface area contributed by atoms with E-state index < -0.39 is 0 Å². The lowest BCUT2D eigenvalue weighted by molar-refractivity contribution is 0.669. The summed E-state index contributed by atoms with van der Waals surface area (Å²) in [6, 6.07) is 64.0. The molecule has 11 rings (SSSR count). The topological polar surface area (TPSA) is 16.4 Å². The molecule has 1 spiro atoms. The van der Waals surface area contributed by atoms with Crippen molar-refractivity contribution in [3.05, 3.63) is 187 Å². The van der Waals surface area contributed by atoms with Crippen LogP contribution in [0.5, 0.6) is 0 Å². The lowest BCUT2D eigenvalue weighted by Crippen LogP contribution is -2.15. The van der Waals surface area contributed by atoms with E-state index in [1.54, 1.807) is 0 Å². The van der Waals surface area contributed by atoms with Gasteiger partial charge in [-0.25, -0.2) is 0 Å². The molecule has 0 radical (unpaired) electrons. The molecule has 0 saturated heterocycles. The Labute approximate surface area is 296 Å². The second kappa shape index (κ2) is 10.8. The lowest BCUT2D eigenvalue weighted by atomic mass is 9.74. The van der Waals surface area contributed by atoms with E-state index >= 15 is 0 Å². The molecular formula is C49H33NO. The van der Waals surface area contributed by atoms with Crippen molar-refractivity contribution in [2.75, 3.05) is 4.90 Å². The molecule has 0 unspecified atom stereocenters. The Morgan fingerprint density at radius 1 is 0.451 bits per heavy atom. The summed E-state index contributed by atoms with van der Waals surface area (Å²) < 4.78 is 6.63. The number of nitrogens with zero attached hydrogens (tertiary/aromatic N) is 1. The SMILES string of the molecule is c1ccc(-c2ccccc2N(c2ccc(-c3ccc4c(c3)C3(CC3)c3cccc5cccc-4c35)cc2)c2cccc3c2oc2ccccc23)cc1. The molecule has 8 aromatic carbocycles. The minimum absolute atomic E-state index is 0.127. The van der Waals surface area contributed by atoms with Crippen LogP contribution in [0.3, 0.4) is 0 Å². The highest BCUT2D eigenvalue weighted by Crippen LogP contribution is 2.61. The summed E-state index contributed by atoms with van der Waals surface area (Å²) in [6.45, 7) is 0. The maximum absolute atomic E-state index is 6.63. The van der Waals surface area contributed by atoms with Gasteiger partial charge in [0.25, 0.3) is 0 Å². The number of para-hydroxylation sites is 3. The summed E-state index contributed by atoms with van der Waals surface area (Å²) in [5.41, 5.74) is 15.6. The normalized spacial score (nSPS) is 13.9. The second-order valence-corrected chi connectivity index (χ2v) is 14.1. The zero-order valence-electron chi connectivity index (χ0n) is 28.0. The van der Waals surface area contributed by atoms with E-state index in [9.17, 15) is 0 Å². The minimum atomic E-state index is 0.127. The van der Waals surface area contributed by atoms with Crippen LogP contribution in [0.4, 0.5) is 17.1 Å². The average Bonchev–Trinajstić information content (AvgIpc) is 3.91. The van der Waals surface area contributed by atoms with Crippen LogP contribution in [0, 0.1) is 0 Å². The largest absolute Gasteiger partial charge is 0.454 e. The van der Waals surface area contributed by atoms with E-state index in [1.807, 2.05) is 6.07 Å².